The Morgan fingerprint density at radius 3 is 2.57 bits per heavy atom. The van der Waals surface area contributed by atoms with Gasteiger partial charge in [-0.15, -0.1) is 10.8 Å². The van der Waals surface area contributed by atoms with E-state index in [1.54, 1.807) is 16.0 Å². The summed E-state index contributed by atoms with van der Waals surface area (Å²) in [5.41, 5.74) is 3.85. The van der Waals surface area contributed by atoms with Crippen LogP contribution in [0.5, 0.6) is 0 Å². The van der Waals surface area contributed by atoms with Crippen molar-refractivity contribution in [1.29, 1.82) is 0 Å². The Balaban J connectivity index is 1.75. The molecule has 158 valence electrons. The topological polar surface area (TPSA) is 90.6 Å². The van der Waals surface area contributed by atoms with Crippen LogP contribution >= 0.6 is 26.7 Å². The van der Waals surface area contributed by atoms with Gasteiger partial charge in [-0.2, -0.15) is 5.10 Å². The molecule has 0 radical (unpaired) electrons. The normalized spacial score (nSPS) is 19.3. The number of benzene rings is 2. The fourth-order valence-corrected chi connectivity index (χ4v) is 6.01. The molecule has 2 heterocycles. The second kappa shape index (κ2) is 7.26. The van der Waals surface area contributed by atoms with Gasteiger partial charge in [-0.25, -0.2) is 4.68 Å². The Labute approximate surface area is 184 Å². The van der Waals surface area contributed by atoms with Crippen LogP contribution in [-0.4, -0.2) is 44.1 Å². The van der Waals surface area contributed by atoms with Crippen LogP contribution in [0, 0.1) is 0 Å². The predicted octanol–water partition coefficient (Wildman–Crippen LogP) is 4.90. The molecule has 1 saturated heterocycles. The van der Waals surface area contributed by atoms with Crippen LogP contribution in [0.15, 0.2) is 40.9 Å². The zero-order valence-electron chi connectivity index (χ0n) is 16.5. The molecule has 3 aromatic rings. The molecule has 0 unspecified atom stereocenters. The van der Waals surface area contributed by atoms with E-state index in [0.29, 0.717) is 29.4 Å². The predicted molar refractivity (Wildman–Crippen MR) is 124 cm³/mol. The number of fused-ring (bicyclic) bond motifs is 1. The molecule has 1 aliphatic carbocycles. The summed E-state index contributed by atoms with van der Waals surface area (Å²) < 4.78 is 25.5. The highest BCUT2D eigenvalue weighted by atomic mass is 79.9. The molecule has 30 heavy (non-hydrogen) atoms. The van der Waals surface area contributed by atoms with Crippen molar-refractivity contribution in [2.45, 2.75) is 25.2 Å². The molecular weight excluding hydrogens is 468 g/mol. The van der Waals surface area contributed by atoms with Gasteiger partial charge in [0.2, 0.25) is 0 Å². The van der Waals surface area contributed by atoms with Crippen LogP contribution in [0.3, 0.4) is 0 Å². The summed E-state index contributed by atoms with van der Waals surface area (Å²) >= 11 is 3.44. The third kappa shape index (κ3) is 3.30. The lowest BCUT2D eigenvalue weighted by molar-refractivity contribution is 0.0957. The van der Waals surface area contributed by atoms with Crippen LogP contribution in [-0.2, 0) is 0 Å². The van der Waals surface area contributed by atoms with E-state index in [-0.39, 0.29) is 5.91 Å². The Kier molecular flexibility index (Phi) is 4.81. The molecule has 7 nitrogen and oxygen atoms in total. The SMILES string of the molecule is CNC(=O)c1c2cc(C3CC3)c(N3CCCS3(O)O)cc2nn1-c1ccc(Br)cc1. The molecule has 3 N–H and O–H groups in total. The number of nitrogens with one attached hydrogen (secondary N) is 1. The van der Waals surface area contributed by atoms with Crippen LogP contribution in [0.4, 0.5) is 5.69 Å². The van der Waals surface area contributed by atoms with E-state index in [1.165, 1.54) is 0 Å². The van der Waals surface area contributed by atoms with Crippen molar-refractivity contribution in [3.8, 4) is 5.69 Å². The van der Waals surface area contributed by atoms with Crippen molar-refractivity contribution < 1.29 is 13.9 Å². The smallest absolute Gasteiger partial charge is 0.270 e. The fraction of sp³-hybridized carbons (Fsp3) is 0.333. The maximum Gasteiger partial charge on any atom is 0.270 e. The summed E-state index contributed by atoms with van der Waals surface area (Å²) in [6, 6.07) is 11.6. The van der Waals surface area contributed by atoms with Crippen LogP contribution in [0.2, 0.25) is 0 Å². The minimum absolute atomic E-state index is 0.208. The van der Waals surface area contributed by atoms with Crippen molar-refractivity contribution in [2.24, 2.45) is 0 Å². The number of carbonyl (C=O) groups excluding carboxylic acids is 1. The minimum atomic E-state index is -2.80. The quantitative estimate of drug-likeness (QED) is 0.483. The summed E-state index contributed by atoms with van der Waals surface area (Å²) in [6.07, 6.45) is 2.89. The van der Waals surface area contributed by atoms with Gasteiger partial charge in [0.15, 0.2) is 0 Å². The maximum atomic E-state index is 12.8. The van der Waals surface area contributed by atoms with Gasteiger partial charge in [-0.3, -0.25) is 18.2 Å². The molecule has 2 aliphatic rings. The maximum absolute atomic E-state index is 12.8. The van der Waals surface area contributed by atoms with Crippen LogP contribution in [0.1, 0.15) is 41.2 Å². The summed E-state index contributed by atoms with van der Waals surface area (Å²) in [5.74, 6) is 0.570. The fourth-order valence-electron chi connectivity index (χ4n) is 4.12. The highest BCUT2D eigenvalue weighted by Crippen LogP contribution is 2.55. The Bertz CT molecular complexity index is 1140. The summed E-state index contributed by atoms with van der Waals surface area (Å²) in [5, 5.41) is 8.25. The first-order valence-electron chi connectivity index (χ1n) is 9.97. The van der Waals surface area contributed by atoms with Gasteiger partial charge in [0.25, 0.3) is 5.91 Å². The molecule has 1 aliphatic heterocycles. The molecule has 1 aromatic heterocycles. The number of aromatic nitrogens is 2. The van der Waals surface area contributed by atoms with Gasteiger partial charge in [0.05, 0.1) is 22.6 Å². The second-order valence-corrected chi connectivity index (χ2v) is 10.8. The lowest BCUT2D eigenvalue weighted by atomic mass is 10.0. The van der Waals surface area contributed by atoms with Gasteiger partial charge in [0.1, 0.15) is 5.69 Å². The van der Waals surface area contributed by atoms with E-state index >= 15 is 0 Å². The van der Waals surface area contributed by atoms with Crippen molar-refractivity contribution >= 4 is 49.2 Å². The third-order valence-electron chi connectivity index (χ3n) is 5.75. The first kappa shape index (κ1) is 19.9. The molecular formula is C21H23BrN4O3S. The first-order chi connectivity index (χ1) is 14.4. The molecule has 1 amide bonds. The third-order valence-corrected chi connectivity index (χ3v) is 8.20. The number of hydrogen-bond donors (Lipinski definition) is 3. The van der Waals surface area contributed by atoms with Gasteiger partial charge in [-0.1, -0.05) is 15.9 Å². The van der Waals surface area contributed by atoms with Crippen molar-refractivity contribution in [3.63, 3.8) is 0 Å². The van der Waals surface area contributed by atoms with E-state index in [4.69, 9.17) is 5.10 Å². The molecule has 9 heteroatoms. The lowest BCUT2D eigenvalue weighted by Crippen LogP contribution is -2.23. The van der Waals surface area contributed by atoms with Gasteiger partial charge in [0, 0.05) is 23.5 Å². The largest absolute Gasteiger partial charge is 0.354 e. The highest BCUT2D eigenvalue weighted by molar-refractivity contribution is 9.10. The summed E-state index contributed by atoms with van der Waals surface area (Å²) in [4.78, 5) is 12.8. The van der Waals surface area contributed by atoms with E-state index in [0.717, 1.165) is 46.1 Å². The van der Waals surface area contributed by atoms with E-state index in [2.05, 4.69) is 21.2 Å². The standard InChI is InChI=1S/C21H23BrN4O3S/c1-23-21(27)20-17-11-16(13-3-4-13)19(25-9-2-10-30(25,28)29)12-18(17)24-26(20)15-7-5-14(22)6-8-15/h5-8,11-13,28-29H,2-4,9-10H2,1H3,(H,23,27). The van der Waals surface area contributed by atoms with Crippen LogP contribution < -0.4 is 9.62 Å². The Hall–Kier alpha value is -2.07. The van der Waals surface area contributed by atoms with E-state index < -0.39 is 10.8 Å². The van der Waals surface area contributed by atoms with Gasteiger partial charge in [-0.05, 0) is 67.1 Å². The number of anilines is 1. The van der Waals surface area contributed by atoms with E-state index in [9.17, 15) is 13.9 Å². The zero-order valence-corrected chi connectivity index (χ0v) is 18.9. The number of rotatable bonds is 4. The van der Waals surface area contributed by atoms with Crippen molar-refractivity contribution in [1.82, 2.24) is 15.1 Å². The highest BCUT2D eigenvalue weighted by Gasteiger charge is 2.36. The van der Waals surface area contributed by atoms with E-state index in [1.807, 2.05) is 36.4 Å². The number of carbonyl (C=O) groups is 1. The van der Waals surface area contributed by atoms with Crippen molar-refractivity contribution in [2.75, 3.05) is 23.7 Å². The molecule has 2 aromatic carbocycles. The molecule has 0 spiro atoms. The Morgan fingerprint density at radius 2 is 1.97 bits per heavy atom. The number of halogens is 1. The first-order valence-corrected chi connectivity index (χ1v) is 12.4. The van der Waals surface area contributed by atoms with Gasteiger partial charge < -0.3 is 5.32 Å². The number of amides is 1. The van der Waals surface area contributed by atoms with Gasteiger partial charge >= 0.3 is 0 Å². The molecule has 1 saturated carbocycles. The lowest BCUT2D eigenvalue weighted by Gasteiger charge is -2.39. The number of hydrogen-bond acceptors (Lipinski definition) is 5. The summed E-state index contributed by atoms with van der Waals surface area (Å²) in [7, 11) is -1.19. The monoisotopic (exact) mass is 490 g/mol. The van der Waals surface area contributed by atoms with Crippen LogP contribution in [0.25, 0.3) is 16.6 Å². The Morgan fingerprint density at radius 1 is 1.23 bits per heavy atom. The second-order valence-electron chi connectivity index (χ2n) is 7.81. The average molecular weight is 491 g/mol. The molecule has 0 bridgehead atoms. The molecule has 0 atom stereocenters. The molecule has 2 fully saturated rings. The summed E-state index contributed by atoms with van der Waals surface area (Å²) in [6.45, 7) is 0.614. The molecule has 5 rings (SSSR count). The zero-order chi connectivity index (χ0) is 21.0. The number of nitrogens with zero attached hydrogens (tertiary/aromatic N) is 3. The minimum Gasteiger partial charge on any atom is -0.354 e. The van der Waals surface area contributed by atoms with Crippen molar-refractivity contribution in [3.05, 3.63) is 52.1 Å². The average Bonchev–Trinajstić information content (AvgIpc) is 3.42.